The van der Waals surface area contributed by atoms with E-state index in [1.54, 1.807) is 7.11 Å². The number of ether oxygens (including phenoxy) is 1. The molecule has 1 aliphatic rings. The zero-order valence-corrected chi connectivity index (χ0v) is 10.2. The molecule has 0 saturated carbocycles. The Bertz CT molecular complexity index is 386. The molecule has 1 atom stereocenters. The normalized spacial score (nSPS) is 20.3. The Kier molecular flexibility index (Phi) is 2.98. The summed E-state index contributed by atoms with van der Waals surface area (Å²) >= 11 is 3.39. The Morgan fingerprint density at radius 3 is 2.47 bits per heavy atom. The molecule has 0 aliphatic carbocycles. The van der Waals surface area contributed by atoms with E-state index in [0.717, 1.165) is 21.5 Å². The summed E-state index contributed by atoms with van der Waals surface area (Å²) in [6.45, 7) is 2.03. The minimum absolute atomic E-state index is 0.0229. The maximum Gasteiger partial charge on any atom is 0.134 e. The molecule has 0 spiro atoms. The van der Waals surface area contributed by atoms with Gasteiger partial charge in [0.25, 0.3) is 0 Å². The standard InChI is InChI=1S/C11H12BrNO2/c1-7-10(15-13-11(7)12)8-3-5-9(14-2)6-4-8/h3-6,10,13H,1-2H3/t10-/m1/s1. The Balaban J connectivity index is 2.24. The minimum Gasteiger partial charge on any atom is -0.497 e. The molecule has 4 heteroatoms. The summed E-state index contributed by atoms with van der Waals surface area (Å²) in [7, 11) is 1.66. The van der Waals surface area contributed by atoms with Crippen molar-refractivity contribution in [1.82, 2.24) is 5.48 Å². The molecule has 1 aliphatic heterocycles. The number of nitrogens with one attached hydrogen (secondary N) is 1. The Morgan fingerprint density at radius 1 is 1.33 bits per heavy atom. The van der Waals surface area contributed by atoms with E-state index in [-0.39, 0.29) is 6.10 Å². The summed E-state index contributed by atoms with van der Waals surface area (Å²) < 4.78 is 6.01. The number of benzene rings is 1. The van der Waals surface area contributed by atoms with Gasteiger partial charge >= 0.3 is 0 Å². The van der Waals surface area contributed by atoms with Crippen LogP contribution in [0.5, 0.6) is 5.75 Å². The van der Waals surface area contributed by atoms with Gasteiger partial charge < -0.3 is 4.74 Å². The highest BCUT2D eigenvalue weighted by Crippen LogP contribution is 2.33. The van der Waals surface area contributed by atoms with Gasteiger partial charge in [0.2, 0.25) is 0 Å². The molecule has 1 N–H and O–H groups in total. The van der Waals surface area contributed by atoms with Crippen LogP contribution in [0.25, 0.3) is 0 Å². The fraction of sp³-hybridized carbons (Fsp3) is 0.273. The van der Waals surface area contributed by atoms with E-state index in [9.17, 15) is 0 Å². The first-order chi connectivity index (χ1) is 7.22. The van der Waals surface area contributed by atoms with E-state index in [0.29, 0.717) is 0 Å². The van der Waals surface area contributed by atoms with E-state index in [1.165, 1.54) is 0 Å². The Hall–Kier alpha value is -1.00. The molecule has 0 aromatic heterocycles. The van der Waals surface area contributed by atoms with E-state index < -0.39 is 0 Å². The predicted octanol–water partition coefficient (Wildman–Crippen LogP) is 2.90. The molecule has 1 heterocycles. The second kappa shape index (κ2) is 4.24. The zero-order chi connectivity index (χ0) is 10.8. The molecule has 0 amide bonds. The lowest BCUT2D eigenvalue weighted by atomic mass is 10.0. The van der Waals surface area contributed by atoms with Crippen LogP contribution in [0.15, 0.2) is 34.4 Å². The summed E-state index contributed by atoms with van der Waals surface area (Å²) in [5.41, 5.74) is 5.06. The van der Waals surface area contributed by atoms with Gasteiger partial charge in [-0.25, -0.2) is 0 Å². The lowest BCUT2D eigenvalue weighted by molar-refractivity contribution is 0.0416. The van der Waals surface area contributed by atoms with Crippen molar-refractivity contribution in [1.29, 1.82) is 0 Å². The molecule has 15 heavy (non-hydrogen) atoms. The number of halogens is 1. The molecule has 0 unspecified atom stereocenters. The van der Waals surface area contributed by atoms with Gasteiger partial charge in [-0.2, -0.15) is 0 Å². The van der Waals surface area contributed by atoms with Gasteiger partial charge in [-0.3, -0.25) is 10.3 Å². The first kappa shape index (κ1) is 10.5. The molecule has 1 aromatic rings. The minimum atomic E-state index is -0.0229. The van der Waals surface area contributed by atoms with Crippen molar-refractivity contribution in [3.8, 4) is 5.75 Å². The number of methoxy groups -OCH3 is 1. The first-order valence-corrected chi connectivity index (χ1v) is 5.43. The fourth-order valence-corrected chi connectivity index (χ4v) is 1.79. The van der Waals surface area contributed by atoms with Crippen LogP contribution in [0, 0.1) is 0 Å². The van der Waals surface area contributed by atoms with Crippen molar-refractivity contribution in [2.45, 2.75) is 13.0 Å². The zero-order valence-electron chi connectivity index (χ0n) is 8.58. The maximum absolute atomic E-state index is 5.43. The van der Waals surface area contributed by atoms with Gasteiger partial charge in [0, 0.05) is 0 Å². The summed E-state index contributed by atoms with van der Waals surface area (Å²) in [5.74, 6) is 0.852. The molecule has 0 fully saturated rings. The van der Waals surface area contributed by atoms with Crippen LogP contribution in [-0.4, -0.2) is 7.11 Å². The molecule has 80 valence electrons. The van der Waals surface area contributed by atoms with Crippen molar-refractivity contribution in [2.24, 2.45) is 0 Å². The van der Waals surface area contributed by atoms with E-state index in [4.69, 9.17) is 9.57 Å². The second-order valence-electron chi connectivity index (χ2n) is 3.37. The molecule has 3 nitrogen and oxygen atoms in total. The van der Waals surface area contributed by atoms with Crippen LogP contribution in [0.2, 0.25) is 0 Å². The average molecular weight is 270 g/mol. The van der Waals surface area contributed by atoms with Crippen LogP contribution in [-0.2, 0) is 4.84 Å². The van der Waals surface area contributed by atoms with Gasteiger partial charge in [-0.1, -0.05) is 12.1 Å². The SMILES string of the molecule is COc1ccc([C@@H]2ONC(Br)=C2C)cc1. The smallest absolute Gasteiger partial charge is 0.134 e. The number of hydroxylamine groups is 1. The van der Waals surface area contributed by atoms with Gasteiger partial charge in [0.05, 0.1) is 7.11 Å². The Morgan fingerprint density at radius 2 is 2.00 bits per heavy atom. The predicted molar refractivity (Wildman–Crippen MR) is 61.6 cm³/mol. The number of hydrogen-bond donors (Lipinski definition) is 1. The van der Waals surface area contributed by atoms with Crippen molar-refractivity contribution in [2.75, 3.05) is 7.11 Å². The van der Waals surface area contributed by atoms with Crippen molar-refractivity contribution in [3.05, 3.63) is 40.0 Å². The largest absolute Gasteiger partial charge is 0.497 e. The average Bonchev–Trinajstić information content (AvgIpc) is 2.60. The lowest BCUT2D eigenvalue weighted by Gasteiger charge is -2.10. The highest BCUT2D eigenvalue weighted by atomic mass is 79.9. The summed E-state index contributed by atoms with van der Waals surface area (Å²) in [5, 5.41) is 0. The summed E-state index contributed by atoms with van der Waals surface area (Å²) in [6.07, 6.45) is -0.0229. The van der Waals surface area contributed by atoms with E-state index in [1.807, 2.05) is 31.2 Å². The molecule has 0 bridgehead atoms. The monoisotopic (exact) mass is 269 g/mol. The van der Waals surface area contributed by atoms with Crippen LogP contribution in [0.1, 0.15) is 18.6 Å². The van der Waals surface area contributed by atoms with Crippen molar-refractivity contribution >= 4 is 15.9 Å². The molecule has 0 saturated heterocycles. The van der Waals surface area contributed by atoms with Gasteiger partial charge in [0.1, 0.15) is 16.5 Å². The molecule has 1 aromatic carbocycles. The second-order valence-corrected chi connectivity index (χ2v) is 4.16. The summed E-state index contributed by atoms with van der Waals surface area (Å²) in [6, 6.07) is 7.86. The Labute approximate surface area is 97.2 Å². The third-order valence-electron chi connectivity index (χ3n) is 2.42. The number of hydrogen-bond acceptors (Lipinski definition) is 3. The highest BCUT2D eigenvalue weighted by Gasteiger charge is 2.23. The van der Waals surface area contributed by atoms with Crippen molar-refractivity contribution < 1.29 is 9.57 Å². The number of rotatable bonds is 2. The molecular weight excluding hydrogens is 258 g/mol. The quantitative estimate of drug-likeness (QED) is 0.838. The van der Waals surface area contributed by atoms with Crippen molar-refractivity contribution in [3.63, 3.8) is 0 Å². The fourth-order valence-electron chi connectivity index (χ4n) is 1.49. The molecular formula is C11H12BrNO2. The first-order valence-electron chi connectivity index (χ1n) is 4.64. The van der Waals surface area contributed by atoms with Crippen LogP contribution < -0.4 is 10.2 Å². The molecule has 0 radical (unpaired) electrons. The summed E-state index contributed by atoms with van der Waals surface area (Å²) in [4.78, 5) is 5.43. The van der Waals surface area contributed by atoms with E-state index in [2.05, 4.69) is 21.4 Å². The lowest BCUT2D eigenvalue weighted by Crippen LogP contribution is -2.05. The van der Waals surface area contributed by atoms with Gasteiger partial charge in [-0.05, 0) is 46.1 Å². The van der Waals surface area contributed by atoms with Crippen LogP contribution in [0.3, 0.4) is 0 Å². The van der Waals surface area contributed by atoms with Crippen LogP contribution >= 0.6 is 15.9 Å². The third kappa shape index (κ3) is 2.01. The van der Waals surface area contributed by atoms with Gasteiger partial charge in [0.15, 0.2) is 0 Å². The highest BCUT2D eigenvalue weighted by molar-refractivity contribution is 9.11. The van der Waals surface area contributed by atoms with Gasteiger partial charge in [-0.15, -0.1) is 0 Å². The van der Waals surface area contributed by atoms with Crippen LogP contribution in [0.4, 0.5) is 0 Å². The maximum atomic E-state index is 5.43. The third-order valence-corrected chi connectivity index (χ3v) is 3.21. The molecule has 2 rings (SSSR count). The topological polar surface area (TPSA) is 30.5 Å². The van der Waals surface area contributed by atoms with E-state index >= 15 is 0 Å².